The minimum atomic E-state index is -0.868. The number of amides is 1. The number of aromatic nitrogens is 1. The molecule has 1 aliphatic carbocycles. The van der Waals surface area contributed by atoms with Gasteiger partial charge in [-0.25, -0.2) is 9.59 Å². The Hall–Kier alpha value is -5.32. The minimum absolute atomic E-state index is 0.122. The fraction of sp³-hybridized carbons (Fsp3) is 0.226. The molecular formula is C31H25N3O8. The van der Waals surface area contributed by atoms with Gasteiger partial charge in [0.2, 0.25) is 0 Å². The van der Waals surface area contributed by atoms with Gasteiger partial charge in [-0.2, -0.15) is 0 Å². The quantitative estimate of drug-likeness (QED) is 0.234. The van der Waals surface area contributed by atoms with E-state index in [0.29, 0.717) is 40.6 Å². The summed E-state index contributed by atoms with van der Waals surface area (Å²) < 4.78 is 26.7. The summed E-state index contributed by atoms with van der Waals surface area (Å²) >= 11 is 0. The van der Waals surface area contributed by atoms with E-state index in [4.69, 9.17) is 22.7 Å². The van der Waals surface area contributed by atoms with Crippen LogP contribution in [0.3, 0.4) is 0 Å². The number of furan rings is 1. The molecule has 11 nitrogen and oxygen atoms in total. The van der Waals surface area contributed by atoms with Crippen LogP contribution in [0.2, 0.25) is 0 Å². The predicted octanol–water partition coefficient (Wildman–Crippen LogP) is 5.46. The van der Waals surface area contributed by atoms with Gasteiger partial charge in [0.15, 0.2) is 18.1 Å². The van der Waals surface area contributed by atoms with E-state index in [-0.39, 0.29) is 29.6 Å². The van der Waals surface area contributed by atoms with Crippen LogP contribution in [0, 0.1) is 6.92 Å². The Morgan fingerprint density at radius 2 is 1.86 bits per heavy atom. The first-order chi connectivity index (χ1) is 20.5. The van der Waals surface area contributed by atoms with Gasteiger partial charge < -0.3 is 32.5 Å². The highest BCUT2D eigenvalue weighted by Crippen LogP contribution is 2.41. The number of esters is 1. The second kappa shape index (κ2) is 10.3. The van der Waals surface area contributed by atoms with Gasteiger partial charge in [0.05, 0.1) is 11.4 Å². The Kier molecular flexibility index (Phi) is 6.26. The van der Waals surface area contributed by atoms with Crippen LogP contribution in [0.15, 0.2) is 85.2 Å². The largest absolute Gasteiger partial charge is 0.519 e. The molecule has 2 aromatic carbocycles. The van der Waals surface area contributed by atoms with Gasteiger partial charge in [0, 0.05) is 36.9 Å². The van der Waals surface area contributed by atoms with Crippen LogP contribution in [-0.2, 0) is 11.3 Å². The Labute approximate surface area is 238 Å². The van der Waals surface area contributed by atoms with Crippen LogP contribution in [0.25, 0.3) is 11.0 Å². The van der Waals surface area contributed by atoms with Crippen LogP contribution < -0.4 is 20.4 Å². The summed E-state index contributed by atoms with van der Waals surface area (Å²) in [6, 6.07) is 15.1. The molecule has 4 heterocycles. The summed E-state index contributed by atoms with van der Waals surface area (Å²) in [6.07, 6.45) is 6.69. The standard InChI is InChI=1S/C31H25N3O8/c1-18-28(42-31(37)40-18)17-39-30(36)23-16-38-26-9-8-20(14-21(23)26)41-27-10-11-32-15-22(27)29(35)34-13-12-33(19-6-7-19)24-4-2-3-5-25(24)34/h2-5,8-11,14-16,19H,6-7,12-13,17H2,1H3. The molecular weight excluding hydrogens is 542 g/mol. The van der Waals surface area contributed by atoms with Crippen molar-refractivity contribution in [2.75, 3.05) is 22.9 Å². The van der Waals surface area contributed by atoms with Crippen molar-refractivity contribution >= 4 is 34.2 Å². The molecule has 0 atom stereocenters. The highest BCUT2D eigenvalue weighted by Gasteiger charge is 2.36. The molecule has 42 heavy (non-hydrogen) atoms. The fourth-order valence-electron chi connectivity index (χ4n) is 5.21. The lowest BCUT2D eigenvalue weighted by Gasteiger charge is -2.38. The number of carbonyl (C=O) groups excluding carboxylic acids is 2. The smallest absolute Gasteiger partial charge is 0.463 e. The van der Waals surface area contributed by atoms with Gasteiger partial charge in [-0.05, 0) is 56.2 Å². The average molecular weight is 568 g/mol. The number of ether oxygens (including phenoxy) is 2. The number of hydrogen-bond donors (Lipinski definition) is 0. The molecule has 0 bridgehead atoms. The first kappa shape index (κ1) is 25.6. The number of anilines is 2. The van der Waals surface area contributed by atoms with E-state index in [2.05, 4.69) is 16.0 Å². The van der Waals surface area contributed by atoms with Gasteiger partial charge in [0.1, 0.15) is 34.5 Å². The number of carbonyl (C=O) groups is 2. The van der Waals surface area contributed by atoms with E-state index in [1.54, 1.807) is 35.4 Å². The van der Waals surface area contributed by atoms with Crippen molar-refractivity contribution in [1.82, 2.24) is 4.98 Å². The lowest BCUT2D eigenvalue weighted by Crippen LogP contribution is -2.45. The molecule has 3 aromatic heterocycles. The number of pyridine rings is 1. The third-order valence-corrected chi connectivity index (χ3v) is 7.45. The number of fused-ring (bicyclic) bond motifs is 2. The van der Waals surface area contributed by atoms with Crippen LogP contribution in [0.5, 0.6) is 11.5 Å². The molecule has 0 radical (unpaired) electrons. The molecule has 1 saturated carbocycles. The summed E-state index contributed by atoms with van der Waals surface area (Å²) in [7, 11) is 0. The van der Waals surface area contributed by atoms with E-state index in [0.717, 1.165) is 17.9 Å². The van der Waals surface area contributed by atoms with Crippen LogP contribution in [0.1, 0.15) is 45.1 Å². The highest BCUT2D eigenvalue weighted by molar-refractivity contribution is 6.10. The SMILES string of the molecule is Cc1oc(=O)oc1COC(=O)c1coc2ccc(Oc3ccncc3C(=O)N3CCN(C4CC4)c4ccccc43)cc12. The van der Waals surface area contributed by atoms with Crippen molar-refractivity contribution in [2.24, 2.45) is 0 Å². The Balaban J connectivity index is 1.13. The highest BCUT2D eigenvalue weighted by atomic mass is 16.6. The summed E-state index contributed by atoms with van der Waals surface area (Å²) in [5.74, 6) is -0.696. The second-order valence-electron chi connectivity index (χ2n) is 10.2. The van der Waals surface area contributed by atoms with Gasteiger partial charge in [-0.1, -0.05) is 12.1 Å². The van der Waals surface area contributed by atoms with Crippen molar-refractivity contribution < 1.29 is 32.3 Å². The number of hydrogen-bond acceptors (Lipinski definition) is 10. The first-order valence-corrected chi connectivity index (χ1v) is 13.5. The van der Waals surface area contributed by atoms with Crippen LogP contribution in [0.4, 0.5) is 11.4 Å². The van der Waals surface area contributed by atoms with Crippen LogP contribution in [-0.4, -0.2) is 36.0 Å². The number of para-hydroxylation sites is 2. The summed E-state index contributed by atoms with van der Waals surface area (Å²) in [5, 5.41) is 0.454. The third kappa shape index (κ3) is 4.68. The summed E-state index contributed by atoms with van der Waals surface area (Å²) in [4.78, 5) is 46.3. The maximum atomic E-state index is 13.9. The number of nitrogens with zero attached hydrogens (tertiary/aromatic N) is 3. The van der Waals surface area contributed by atoms with Crippen molar-refractivity contribution in [3.05, 3.63) is 100 Å². The minimum Gasteiger partial charge on any atom is -0.463 e. The van der Waals surface area contributed by atoms with E-state index in [9.17, 15) is 14.4 Å². The van der Waals surface area contributed by atoms with E-state index in [1.165, 1.54) is 32.2 Å². The molecule has 1 amide bonds. The van der Waals surface area contributed by atoms with Crippen molar-refractivity contribution in [3.63, 3.8) is 0 Å². The zero-order valence-electron chi connectivity index (χ0n) is 22.6. The molecule has 0 N–H and O–H groups in total. The average Bonchev–Trinajstić information content (AvgIpc) is 3.68. The number of rotatable bonds is 7. The maximum absolute atomic E-state index is 13.9. The normalized spacial score (nSPS) is 14.6. The zero-order valence-corrected chi connectivity index (χ0v) is 22.6. The first-order valence-electron chi connectivity index (χ1n) is 13.5. The molecule has 212 valence electrons. The van der Waals surface area contributed by atoms with E-state index in [1.807, 2.05) is 18.2 Å². The molecule has 5 aromatic rings. The van der Waals surface area contributed by atoms with E-state index >= 15 is 0 Å². The van der Waals surface area contributed by atoms with Gasteiger partial charge >= 0.3 is 11.8 Å². The molecule has 0 unspecified atom stereocenters. The molecule has 0 spiro atoms. The summed E-state index contributed by atoms with van der Waals surface area (Å²) in [6.45, 7) is 2.57. The van der Waals surface area contributed by atoms with Gasteiger partial charge in [0.25, 0.3) is 5.91 Å². The van der Waals surface area contributed by atoms with Gasteiger partial charge in [-0.3, -0.25) is 9.78 Å². The molecule has 2 aliphatic rings. The molecule has 7 rings (SSSR count). The Morgan fingerprint density at radius 3 is 2.64 bits per heavy atom. The van der Waals surface area contributed by atoms with Crippen molar-refractivity contribution in [2.45, 2.75) is 32.4 Å². The maximum Gasteiger partial charge on any atom is 0.519 e. The van der Waals surface area contributed by atoms with Crippen molar-refractivity contribution in [3.8, 4) is 11.5 Å². The fourth-order valence-corrected chi connectivity index (χ4v) is 5.21. The molecule has 0 saturated heterocycles. The van der Waals surface area contributed by atoms with E-state index < -0.39 is 11.8 Å². The number of aryl methyl sites for hydroxylation is 1. The lowest BCUT2D eigenvalue weighted by molar-refractivity contribution is 0.0444. The van der Waals surface area contributed by atoms with Crippen molar-refractivity contribution in [1.29, 1.82) is 0 Å². The monoisotopic (exact) mass is 567 g/mol. The molecule has 1 fully saturated rings. The lowest BCUT2D eigenvalue weighted by atomic mass is 10.1. The van der Waals surface area contributed by atoms with Gasteiger partial charge in [-0.15, -0.1) is 0 Å². The zero-order chi connectivity index (χ0) is 28.8. The summed E-state index contributed by atoms with van der Waals surface area (Å²) in [5.41, 5.74) is 2.84. The molecule has 1 aliphatic heterocycles. The number of benzene rings is 2. The molecule has 11 heteroatoms. The topological polar surface area (TPSA) is 128 Å². The Bertz CT molecular complexity index is 1880. The Morgan fingerprint density at radius 1 is 1.02 bits per heavy atom. The third-order valence-electron chi connectivity index (χ3n) is 7.45. The van der Waals surface area contributed by atoms with Crippen LogP contribution >= 0.6 is 0 Å². The predicted molar refractivity (Wildman–Crippen MR) is 150 cm³/mol. The second-order valence-corrected chi connectivity index (χ2v) is 10.2.